The fourth-order valence-corrected chi connectivity index (χ4v) is 7.84. The summed E-state index contributed by atoms with van der Waals surface area (Å²) in [6.45, 7) is 1.42. The Bertz CT molecular complexity index is 1670. The van der Waals surface area contributed by atoms with Gasteiger partial charge in [-0.1, -0.05) is 43.2 Å². The standard InChI is InChI=1S/C38H44F7NO3S/c39-31-15-11-28(12-16-31)27-46(23-7-25-50(48,49)24-6-21-37(41,42)38(43,44)45)22-4-2-1-3-9-36-34(29-13-17-32(40)18-14-29)10-5-8-30-26-33(47)19-20-35(30)36/h11-20,26,47H,1-10,21-25,27H2. The number of nitrogens with zero attached hydrogens (tertiary/aromatic N) is 1. The summed E-state index contributed by atoms with van der Waals surface area (Å²) < 4.78 is 116. The lowest BCUT2D eigenvalue weighted by Gasteiger charge is -2.23. The Hall–Kier alpha value is -3.38. The van der Waals surface area contributed by atoms with E-state index in [0.717, 1.165) is 73.6 Å². The molecule has 0 aliphatic heterocycles. The van der Waals surface area contributed by atoms with Crippen LogP contribution in [-0.2, 0) is 22.8 Å². The molecule has 0 spiro atoms. The van der Waals surface area contributed by atoms with Crippen LogP contribution in [0.5, 0.6) is 5.75 Å². The number of fused-ring (bicyclic) bond motifs is 1. The zero-order valence-corrected chi connectivity index (χ0v) is 28.7. The van der Waals surface area contributed by atoms with Gasteiger partial charge in [0.1, 0.15) is 27.2 Å². The van der Waals surface area contributed by atoms with Gasteiger partial charge in [0.05, 0.1) is 11.5 Å². The first-order valence-corrected chi connectivity index (χ1v) is 18.9. The van der Waals surface area contributed by atoms with Gasteiger partial charge in [-0.2, -0.15) is 22.0 Å². The van der Waals surface area contributed by atoms with Crippen LogP contribution in [-0.4, -0.2) is 55.1 Å². The molecule has 0 heterocycles. The smallest absolute Gasteiger partial charge is 0.453 e. The maximum atomic E-state index is 13.7. The Kier molecular flexibility index (Phi) is 14.0. The van der Waals surface area contributed by atoms with Crippen molar-refractivity contribution in [3.05, 3.63) is 101 Å². The summed E-state index contributed by atoms with van der Waals surface area (Å²) in [4.78, 5) is 2.05. The van der Waals surface area contributed by atoms with E-state index in [2.05, 4.69) is 0 Å². The molecule has 0 aromatic heterocycles. The molecule has 50 heavy (non-hydrogen) atoms. The van der Waals surface area contributed by atoms with Gasteiger partial charge in [0.25, 0.3) is 0 Å². The number of phenols is 1. The Labute approximate surface area is 289 Å². The molecule has 3 aromatic carbocycles. The van der Waals surface area contributed by atoms with E-state index in [-0.39, 0.29) is 29.6 Å². The molecule has 1 aliphatic carbocycles. The van der Waals surface area contributed by atoms with Crippen molar-refractivity contribution in [1.82, 2.24) is 4.90 Å². The summed E-state index contributed by atoms with van der Waals surface area (Å²) in [6.07, 6.45) is -1.04. The Morgan fingerprint density at radius 1 is 0.720 bits per heavy atom. The van der Waals surface area contributed by atoms with Crippen molar-refractivity contribution in [3.8, 4) is 5.75 Å². The largest absolute Gasteiger partial charge is 0.508 e. The molecule has 0 unspecified atom stereocenters. The second-order valence-electron chi connectivity index (χ2n) is 13.0. The third kappa shape index (κ3) is 11.9. The number of hydrogen-bond acceptors (Lipinski definition) is 4. The minimum Gasteiger partial charge on any atom is -0.508 e. The number of hydrogen-bond donors (Lipinski definition) is 1. The van der Waals surface area contributed by atoms with Crippen LogP contribution in [0.25, 0.3) is 11.1 Å². The first kappa shape index (κ1) is 39.4. The topological polar surface area (TPSA) is 57.6 Å². The van der Waals surface area contributed by atoms with E-state index in [9.17, 15) is 44.3 Å². The first-order chi connectivity index (χ1) is 23.6. The number of alkyl halides is 5. The van der Waals surface area contributed by atoms with Gasteiger partial charge < -0.3 is 5.11 Å². The predicted octanol–water partition coefficient (Wildman–Crippen LogP) is 10.2. The van der Waals surface area contributed by atoms with E-state index in [1.165, 1.54) is 35.4 Å². The Morgan fingerprint density at radius 3 is 2.02 bits per heavy atom. The van der Waals surface area contributed by atoms with Crippen molar-refractivity contribution in [3.63, 3.8) is 0 Å². The summed E-state index contributed by atoms with van der Waals surface area (Å²) in [5.41, 5.74) is 6.40. The molecule has 0 bridgehead atoms. The molecule has 0 radical (unpaired) electrons. The fraction of sp³-hybridized carbons (Fsp3) is 0.474. The van der Waals surface area contributed by atoms with E-state index in [1.807, 2.05) is 29.2 Å². The third-order valence-corrected chi connectivity index (χ3v) is 10.9. The van der Waals surface area contributed by atoms with Crippen molar-refractivity contribution in [1.29, 1.82) is 0 Å². The first-order valence-electron chi connectivity index (χ1n) is 17.1. The van der Waals surface area contributed by atoms with Gasteiger partial charge in [-0.05, 0) is 134 Å². The van der Waals surface area contributed by atoms with Gasteiger partial charge in [-0.3, -0.25) is 4.90 Å². The van der Waals surface area contributed by atoms with Crippen molar-refractivity contribution in [2.24, 2.45) is 0 Å². The van der Waals surface area contributed by atoms with E-state index < -0.39 is 40.5 Å². The van der Waals surface area contributed by atoms with Crippen LogP contribution < -0.4 is 0 Å². The van der Waals surface area contributed by atoms with E-state index in [1.54, 1.807) is 18.2 Å². The fourth-order valence-electron chi connectivity index (χ4n) is 6.48. The Morgan fingerprint density at radius 2 is 1.34 bits per heavy atom. The van der Waals surface area contributed by atoms with Crippen LogP contribution in [0.15, 0.2) is 66.7 Å². The number of allylic oxidation sites excluding steroid dienone is 2. The zero-order chi connectivity index (χ0) is 36.4. The number of aryl methyl sites for hydroxylation is 1. The summed E-state index contributed by atoms with van der Waals surface area (Å²) in [5.74, 6) is -6.47. The van der Waals surface area contributed by atoms with Crippen LogP contribution in [0, 0.1) is 11.6 Å². The summed E-state index contributed by atoms with van der Waals surface area (Å²) in [6, 6.07) is 18.0. The lowest BCUT2D eigenvalue weighted by atomic mass is 9.89. The molecular formula is C38H44F7NO3S. The predicted molar refractivity (Wildman–Crippen MR) is 183 cm³/mol. The molecule has 0 fully saturated rings. The summed E-state index contributed by atoms with van der Waals surface area (Å²) >= 11 is 0. The zero-order valence-electron chi connectivity index (χ0n) is 27.9. The van der Waals surface area contributed by atoms with Crippen LogP contribution in [0.2, 0.25) is 0 Å². The van der Waals surface area contributed by atoms with Crippen LogP contribution in [0.4, 0.5) is 30.7 Å². The maximum Gasteiger partial charge on any atom is 0.453 e. The van der Waals surface area contributed by atoms with Crippen molar-refractivity contribution in [2.45, 2.75) is 89.3 Å². The lowest BCUT2D eigenvalue weighted by Crippen LogP contribution is -2.36. The van der Waals surface area contributed by atoms with Crippen LogP contribution in [0.1, 0.15) is 86.5 Å². The molecule has 3 aromatic rings. The highest BCUT2D eigenvalue weighted by Crippen LogP contribution is 2.40. The van der Waals surface area contributed by atoms with Crippen LogP contribution >= 0.6 is 0 Å². The molecule has 0 atom stereocenters. The lowest BCUT2D eigenvalue weighted by molar-refractivity contribution is -0.284. The second kappa shape index (κ2) is 17.7. The minimum absolute atomic E-state index is 0.175. The van der Waals surface area contributed by atoms with Gasteiger partial charge >= 0.3 is 12.1 Å². The maximum absolute atomic E-state index is 13.7. The highest BCUT2D eigenvalue weighted by molar-refractivity contribution is 7.91. The van der Waals surface area contributed by atoms with Gasteiger partial charge in [0.15, 0.2) is 0 Å². The molecule has 12 heteroatoms. The van der Waals surface area contributed by atoms with E-state index in [4.69, 9.17) is 0 Å². The molecule has 1 aliphatic rings. The number of aromatic hydroxyl groups is 1. The molecule has 0 saturated carbocycles. The number of unbranched alkanes of at least 4 members (excludes halogenated alkanes) is 3. The number of phenolic OH excluding ortho intramolecular Hbond substituents is 1. The second-order valence-corrected chi connectivity index (χ2v) is 15.3. The third-order valence-electron chi connectivity index (χ3n) is 9.10. The molecule has 274 valence electrons. The highest BCUT2D eigenvalue weighted by atomic mass is 32.2. The van der Waals surface area contributed by atoms with Gasteiger partial charge in [0.2, 0.25) is 0 Å². The van der Waals surface area contributed by atoms with Crippen LogP contribution in [0.3, 0.4) is 0 Å². The molecular weight excluding hydrogens is 683 g/mol. The summed E-state index contributed by atoms with van der Waals surface area (Å²) in [5, 5.41) is 10.1. The van der Waals surface area contributed by atoms with Gasteiger partial charge in [-0.15, -0.1) is 0 Å². The quantitative estimate of drug-likeness (QED) is 0.105. The number of halogens is 7. The minimum atomic E-state index is -5.71. The molecule has 0 saturated heterocycles. The monoisotopic (exact) mass is 727 g/mol. The number of rotatable bonds is 18. The van der Waals surface area contributed by atoms with Crippen molar-refractivity contribution >= 4 is 21.0 Å². The van der Waals surface area contributed by atoms with E-state index >= 15 is 0 Å². The summed E-state index contributed by atoms with van der Waals surface area (Å²) in [7, 11) is -3.83. The molecule has 4 nitrogen and oxygen atoms in total. The van der Waals surface area contributed by atoms with Gasteiger partial charge in [-0.25, -0.2) is 17.2 Å². The molecule has 4 rings (SSSR count). The number of sulfone groups is 1. The average Bonchev–Trinajstić information content (AvgIpc) is 3.22. The van der Waals surface area contributed by atoms with Crippen molar-refractivity contribution in [2.75, 3.05) is 24.6 Å². The average molecular weight is 728 g/mol. The number of benzene rings is 3. The highest BCUT2D eigenvalue weighted by Gasteiger charge is 2.56. The normalized spacial score (nSPS) is 14.2. The van der Waals surface area contributed by atoms with Crippen molar-refractivity contribution < 1.29 is 44.3 Å². The van der Waals surface area contributed by atoms with E-state index in [0.29, 0.717) is 19.6 Å². The Balaban J connectivity index is 1.32. The molecule has 1 N–H and O–H groups in total. The SMILES string of the molecule is O=S(=O)(CCCN(CCCCCCC1=C(c2ccc(F)cc2)CCCc2cc(O)ccc21)Cc1ccc(F)cc1)CCCC(F)(F)C(F)(F)F. The molecule has 0 amide bonds. The van der Waals surface area contributed by atoms with Gasteiger partial charge in [0, 0.05) is 13.0 Å².